The van der Waals surface area contributed by atoms with E-state index in [2.05, 4.69) is 25.6 Å². The smallest absolute Gasteiger partial charge is 0.281 e. The fourth-order valence-corrected chi connectivity index (χ4v) is 3.26. The number of benzene rings is 1. The highest BCUT2D eigenvalue weighted by atomic mass is 79.9. The molecule has 0 amide bonds. The average molecular weight is 373 g/mol. The summed E-state index contributed by atoms with van der Waals surface area (Å²) in [5.41, 5.74) is 5.56. The zero-order chi connectivity index (χ0) is 15.6. The number of rotatable bonds is 4. The van der Waals surface area contributed by atoms with Crippen LogP contribution in [0.25, 0.3) is 0 Å². The van der Waals surface area contributed by atoms with Crippen molar-refractivity contribution in [2.75, 3.05) is 10.5 Å². The van der Waals surface area contributed by atoms with Crippen LogP contribution in [-0.2, 0) is 10.0 Å². The molecule has 0 unspecified atom stereocenters. The molecule has 10 heteroatoms. The van der Waals surface area contributed by atoms with E-state index in [4.69, 9.17) is 5.73 Å². The van der Waals surface area contributed by atoms with Gasteiger partial charge in [0.1, 0.15) is 0 Å². The summed E-state index contributed by atoms with van der Waals surface area (Å²) < 4.78 is 26.9. The van der Waals surface area contributed by atoms with E-state index in [9.17, 15) is 18.5 Å². The number of non-ortho nitro benzene ring substituents is 1. The summed E-state index contributed by atoms with van der Waals surface area (Å²) in [7, 11) is -3.99. The molecule has 0 fully saturated rings. The second kappa shape index (κ2) is 5.66. The lowest BCUT2D eigenvalue weighted by molar-refractivity contribution is -0.384. The van der Waals surface area contributed by atoms with E-state index in [0.717, 1.165) is 0 Å². The molecule has 0 saturated carbocycles. The van der Waals surface area contributed by atoms with Crippen LogP contribution >= 0.6 is 15.9 Å². The van der Waals surface area contributed by atoms with Crippen LogP contribution in [0.2, 0.25) is 0 Å². The number of nitrogens with one attached hydrogen (secondary N) is 1. The van der Waals surface area contributed by atoms with Crippen LogP contribution in [0.4, 0.5) is 17.1 Å². The Balaban J connectivity index is 2.38. The van der Waals surface area contributed by atoms with Crippen molar-refractivity contribution in [1.29, 1.82) is 0 Å². The van der Waals surface area contributed by atoms with Crippen molar-refractivity contribution in [3.8, 4) is 0 Å². The first kappa shape index (κ1) is 15.2. The fraction of sp³-hybridized carbons (Fsp3) is 0. The van der Waals surface area contributed by atoms with Crippen molar-refractivity contribution in [2.24, 2.45) is 0 Å². The van der Waals surface area contributed by atoms with Gasteiger partial charge in [0.25, 0.3) is 15.7 Å². The van der Waals surface area contributed by atoms with Crippen molar-refractivity contribution < 1.29 is 13.3 Å². The van der Waals surface area contributed by atoms with Gasteiger partial charge >= 0.3 is 0 Å². The molecule has 3 N–H and O–H groups in total. The minimum absolute atomic E-state index is 0.00281. The third kappa shape index (κ3) is 3.28. The maximum atomic E-state index is 12.2. The van der Waals surface area contributed by atoms with Gasteiger partial charge in [-0.3, -0.25) is 14.8 Å². The lowest BCUT2D eigenvalue weighted by Gasteiger charge is -2.10. The molecular formula is C11H9BrN4O4S. The number of hydrogen-bond donors (Lipinski definition) is 2. The van der Waals surface area contributed by atoms with E-state index < -0.39 is 14.9 Å². The van der Waals surface area contributed by atoms with Gasteiger partial charge in [-0.1, -0.05) is 0 Å². The summed E-state index contributed by atoms with van der Waals surface area (Å²) in [6, 6.07) is 6.57. The molecule has 0 saturated heterocycles. The number of nitrogens with zero attached hydrogens (tertiary/aromatic N) is 2. The zero-order valence-electron chi connectivity index (χ0n) is 10.4. The first-order valence-corrected chi connectivity index (χ1v) is 7.76. The topological polar surface area (TPSA) is 128 Å². The lowest BCUT2D eigenvalue weighted by Crippen LogP contribution is -2.16. The number of nitrogen functional groups attached to an aromatic ring is 1. The van der Waals surface area contributed by atoms with Gasteiger partial charge in [-0.2, -0.15) is 8.42 Å². The van der Waals surface area contributed by atoms with E-state index in [1.165, 1.54) is 36.5 Å². The molecule has 0 bridgehead atoms. The quantitative estimate of drug-likeness (QED) is 0.624. The molecule has 0 aliphatic carbocycles. The summed E-state index contributed by atoms with van der Waals surface area (Å²) in [5, 5.41) is 10.3. The molecule has 2 rings (SSSR count). The first-order chi connectivity index (χ1) is 9.81. The highest BCUT2D eigenvalue weighted by molar-refractivity contribution is 9.10. The monoisotopic (exact) mass is 372 g/mol. The maximum Gasteiger partial charge on any atom is 0.281 e. The number of halogens is 1. The number of nitro benzene ring substituents is 1. The standard InChI is InChI=1S/C11H9BrN4O4S/c12-8-6-7(16(17)18)3-4-10(8)15-21(19,20)11-9(13)2-1-5-14-11/h1-6,15H,13H2. The number of sulfonamides is 1. The van der Waals surface area contributed by atoms with Gasteiger partial charge in [-0.15, -0.1) is 0 Å². The van der Waals surface area contributed by atoms with Gasteiger partial charge in [-0.05, 0) is 34.1 Å². The third-order valence-corrected chi connectivity index (χ3v) is 4.46. The van der Waals surface area contributed by atoms with Crippen molar-refractivity contribution in [2.45, 2.75) is 5.03 Å². The molecule has 1 heterocycles. The lowest BCUT2D eigenvalue weighted by atomic mass is 10.3. The summed E-state index contributed by atoms with van der Waals surface area (Å²) in [6.45, 7) is 0. The van der Waals surface area contributed by atoms with Crippen LogP contribution in [0.15, 0.2) is 46.0 Å². The zero-order valence-corrected chi connectivity index (χ0v) is 12.8. The van der Waals surface area contributed by atoms with E-state index in [0.29, 0.717) is 0 Å². The Morgan fingerprint density at radius 1 is 1.33 bits per heavy atom. The predicted molar refractivity (Wildman–Crippen MR) is 80.3 cm³/mol. The van der Waals surface area contributed by atoms with Crippen LogP contribution in [0.1, 0.15) is 0 Å². The van der Waals surface area contributed by atoms with Gasteiger partial charge in [0.05, 0.1) is 16.3 Å². The second-order valence-electron chi connectivity index (χ2n) is 3.92. The van der Waals surface area contributed by atoms with Crippen LogP contribution in [0, 0.1) is 10.1 Å². The number of nitrogens with two attached hydrogens (primary N) is 1. The molecule has 0 aliphatic rings. The highest BCUT2D eigenvalue weighted by Crippen LogP contribution is 2.29. The van der Waals surface area contributed by atoms with Crippen LogP contribution in [0.5, 0.6) is 0 Å². The Morgan fingerprint density at radius 3 is 2.62 bits per heavy atom. The van der Waals surface area contributed by atoms with Crippen molar-refractivity contribution >= 4 is 43.0 Å². The Kier molecular flexibility index (Phi) is 4.09. The SMILES string of the molecule is Nc1cccnc1S(=O)(=O)Nc1ccc([N+](=O)[O-])cc1Br. The molecule has 110 valence electrons. The predicted octanol–water partition coefficient (Wildman–Crippen LogP) is 2.14. The van der Waals surface area contributed by atoms with Crippen LogP contribution in [-0.4, -0.2) is 18.3 Å². The van der Waals surface area contributed by atoms with Crippen LogP contribution in [0.3, 0.4) is 0 Å². The fourth-order valence-electron chi connectivity index (χ4n) is 1.52. The minimum atomic E-state index is -3.99. The molecular weight excluding hydrogens is 364 g/mol. The van der Waals surface area contributed by atoms with Gasteiger partial charge < -0.3 is 5.73 Å². The summed E-state index contributed by atoms with van der Waals surface area (Å²) in [6.07, 6.45) is 1.30. The number of nitro groups is 1. The number of pyridine rings is 1. The van der Waals surface area contributed by atoms with E-state index in [1.54, 1.807) is 0 Å². The molecule has 0 radical (unpaired) electrons. The van der Waals surface area contributed by atoms with E-state index >= 15 is 0 Å². The summed E-state index contributed by atoms with van der Waals surface area (Å²) in [4.78, 5) is 13.8. The molecule has 21 heavy (non-hydrogen) atoms. The molecule has 0 atom stereocenters. The van der Waals surface area contributed by atoms with E-state index in [-0.39, 0.29) is 26.6 Å². The van der Waals surface area contributed by atoms with Gasteiger partial charge in [0.15, 0.2) is 5.03 Å². The Bertz CT molecular complexity index is 810. The Hall–Kier alpha value is -2.20. The number of anilines is 2. The van der Waals surface area contributed by atoms with Gasteiger partial charge in [-0.25, -0.2) is 4.98 Å². The molecule has 2 aromatic rings. The molecule has 0 aliphatic heterocycles. The summed E-state index contributed by atoms with van der Waals surface area (Å²) >= 11 is 3.08. The summed E-state index contributed by atoms with van der Waals surface area (Å²) in [5.74, 6) is 0. The Morgan fingerprint density at radius 2 is 2.05 bits per heavy atom. The van der Waals surface area contributed by atoms with Crippen LogP contribution < -0.4 is 10.5 Å². The number of hydrogen-bond acceptors (Lipinski definition) is 6. The minimum Gasteiger partial charge on any atom is -0.396 e. The van der Waals surface area contributed by atoms with E-state index in [1.807, 2.05) is 0 Å². The highest BCUT2D eigenvalue weighted by Gasteiger charge is 2.20. The first-order valence-electron chi connectivity index (χ1n) is 5.48. The average Bonchev–Trinajstić information content (AvgIpc) is 2.41. The normalized spacial score (nSPS) is 11.1. The molecule has 1 aromatic carbocycles. The van der Waals surface area contributed by atoms with Crippen molar-refractivity contribution in [1.82, 2.24) is 4.98 Å². The van der Waals surface area contributed by atoms with Gasteiger partial charge in [0.2, 0.25) is 0 Å². The molecule has 0 spiro atoms. The second-order valence-corrected chi connectivity index (χ2v) is 6.38. The maximum absolute atomic E-state index is 12.2. The molecule has 8 nitrogen and oxygen atoms in total. The van der Waals surface area contributed by atoms with Gasteiger partial charge in [0, 0.05) is 22.8 Å². The Labute approximate surface area is 128 Å². The number of aromatic nitrogens is 1. The largest absolute Gasteiger partial charge is 0.396 e. The third-order valence-electron chi connectivity index (χ3n) is 2.46. The van der Waals surface area contributed by atoms with Crippen molar-refractivity contribution in [3.63, 3.8) is 0 Å². The molecule has 1 aromatic heterocycles. The van der Waals surface area contributed by atoms with Crippen molar-refractivity contribution in [3.05, 3.63) is 51.1 Å².